The van der Waals surface area contributed by atoms with Gasteiger partial charge in [0.25, 0.3) is 5.91 Å². The van der Waals surface area contributed by atoms with Crippen molar-refractivity contribution in [1.29, 1.82) is 0 Å². The minimum Gasteiger partial charge on any atom is -0.452 e. The molecule has 4 nitrogen and oxygen atoms in total. The average molecular weight is 417 g/mol. The number of amides is 1. The lowest BCUT2D eigenvalue weighted by Gasteiger charge is -2.28. The van der Waals surface area contributed by atoms with Crippen LogP contribution in [0.3, 0.4) is 0 Å². The Morgan fingerprint density at radius 3 is 2.60 bits per heavy atom. The van der Waals surface area contributed by atoms with E-state index >= 15 is 0 Å². The molecule has 1 aliphatic rings. The Morgan fingerprint density at radius 1 is 1.08 bits per heavy atom. The van der Waals surface area contributed by atoms with Crippen molar-refractivity contribution in [3.63, 3.8) is 0 Å². The first-order valence-electron chi connectivity index (χ1n) is 7.32. The van der Waals surface area contributed by atoms with Crippen LogP contribution >= 0.6 is 46.6 Å². The highest BCUT2D eigenvalue weighted by Gasteiger charge is 2.25. The van der Waals surface area contributed by atoms with Crippen molar-refractivity contribution in [2.24, 2.45) is 0 Å². The van der Waals surface area contributed by atoms with Crippen molar-refractivity contribution in [1.82, 2.24) is 0 Å². The molecule has 8 heteroatoms. The number of rotatable bonds is 3. The molecule has 0 aliphatic carbocycles. The van der Waals surface area contributed by atoms with Gasteiger partial charge in [-0.15, -0.1) is 11.8 Å². The topological polar surface area (TPSA) is 46.6 Å². The second-order valence-corrected chi connectivity index (χ2v) is 7.49. The van der Waals surface area contributed by atoms with Crippen molar-refractivity contribution in [3.05, 3.63) is 57.0 Å². The summed E-state index contributed by atoms with van der Waals surface area (Å²) in [4.78, 5) is 27.4. The van der Waals surface area contributed by atoms with E-state index in [0.29, 0.717) is 6.54 Å². The molecule has 1 aliphatic heterocycles. The van der Waals surface area contributed by atoms with E-state index in [0.717, 1.165) is 16.3 Å². The third-order valence-electron chi connectivity index (χ3n) is 3.60. The molecular formula is C17H12Cl3NO3S. The molecule has 0 aromatic heterocycles. The van der Waals surface area contributed by atoms with Gasteiger partial charge in [-0.05, 0) is 24.3 Å². The predicted molar refractivity (Wildman–Crippen MR) is 101 cm³/mol. The smallest absolute Gasteiger partial charge is 0.341 e. The summed E-state index contributed by atoms with van der Waals surface area (Å²) in [7, 11) is 0. The van der Waals surface area contributed by atoms with Crippen LogP contribution in [0.4, 0.5) is 5.69 Å². The zero-order valence-corrected chi connectivity index (χ0v) is 15.9. The fourth-order valence-corrected chi connectivity index (χ4v) is 4.10. The van der Waals surface area contributed by atoms with Gasteiger partial charge < -0.3 is 9.64 Å². The van der Waals surface area contributed by atoms with Gasteiger partial charge in [-0.25, -0.2) is 4.79 Å². The molecule has 0 fully saturated rings. The lowest BCUT2D eigenvalue weighted by molar-refractivity contribution is -0.121. The molecule has 130 valence electrons. The number of carbonyl (C=O) groups is 2. The van der Waals surface area contributed by atoms with Crippen molar-refractivity contribution in [2.45, 2.75) is 4.90 Å². The summed E-state index contributed by atoms with van der Waals surface area (Å²) < 4.78 is 5.11. The molecule has 25 heavy (non-hydrogen) atoms. The van der Waals surface area contributed by atoms with Gasteiger partial charge in [0.2, 0.25) is 0 Å². The van der Waals surface area contributed by atoms with Gasteiger partial charge in [0.15, 0.2) is 6.61 Å². The molecule has 0 spiro atoms. The first kappa shape index (κ1) is 18.4. The maximum Gasteiger partial charge on any atom is 0.341 e. The van der Waals surface area contributed by atoms with Gasteiger partial charge >= 0.3 is 5.97 Å². The fraction of sp³-hybridized carbons (Fsp3) is 0.176. The van der Waals surface area contributed by atoms with E-state index in [4.69, 9.17) is 39.5 Å². The Bertz CT molecular complexity index is 844. The fourth-order valence-electron chi connectivity index (χ4n) is 2.42. The summed E-state index contributed by atoms with van der Waals surface area (Å²) in [5, 5.41) is 0.309. The summed E-state index contributed by atoms with van der Waals surface area (Å²) in [6.45, 7) is 0.147. The van der Waals surface area contributed by atoms with Gasteiger partial charge in [-0.1, -0.05) is 46.9 Å². The van der Waals surface area contributed by atoms with E-state index in [1.165, 1.54) is 12.1 Å². The standard InChI is InChI=1S/C17H12Cl3NO3S/c18-10-5-6-11(19)16(20)15(10)17(23)24-9-14(22)21-7-8-25-13-4-2-1-3-12(13)21/h1-6H,7-9H2. The molecule has 0 saturated carbocycles. The van der Waals surface area contributed by atoms with Gasteiger partial charge in [-0.2, -0.15) is 0 Å². The minimum absolute atomic E-state index is 0.00586. The lowest BCUT2D eigenvalue weighted by Crippen LogP contribution is -2.38. The van der Waals surface area contributed by atoms with Gasteiger partial charge in [0.1, 0.15) is 0 Å². The Balaban J connectivity index is 1.72. The van der Waals surface area contributed by atoms with Gasteiger partial charge in [0.05, 0.1) is 26.3 Å². The molecule has 0 saturated heterocycles. The molecule has 0 radical (unpaired) electrons. The van der Waals surface area contributed by atoms with E-state index in [9.17, 15) is 9.59 Å². The molecule has 3 rings (SSSR count). The van der Waals surface area contributed by atoms with Crippen LogP contribution in [0.2, 0.25) is 15.1 Å². The third-order valence-corrected chi connectivity index (χ3v) is 5.77. The molecule has 2 aromatic rings. The van der Waals surface area contributed by atoms with Crippen LogP contribution in [-0.2, 0) is 9.53 Å². The third kappa shape index (κ3) is 3.90. The second-order valence-electron chi connectivity index (χ2n) is 5.16. The zero-order chi connectivity index (χ0) is 18.0. The number of nitrogens with zero attached hydrogens (tertiary/aromatic N) is 1. The number of thioether (sulfide) groups is 1. The van der Waals surface area contributed by atoms with Crippen LogP contribution in [0, 0.1) is 0 Å². The first-order valence-corrected chi connectivity index (χ1v) is 9.44. The largest absolute Gasteiger partial charge is 0.452 e. The number of halogens is 3. The van der Waals surface area contributed by atoms with Crippen LogP contribution in [0.25, 0.3) is 0 Å². The van der Waals surface area contributed by atoms with E-state index in [2.05, 4.69) is 0 Å². The van der Waals surface area contributed by atoms with E-state index in [-0.39, 0.29) is 26.5 Å². The zero-order valence-electron chi connectivity index (χ0n) is 12.8. The molecule has 0 atom stereocenters. The summed E-state index contributed by atoms with van der Waals surface area (Å²) in [6.07, 6.45) is 0. The van der Waals surface area contributed by atoms with Gasteiger partial charge in [-0.3, -0.25) is 4.79 Å². The maximum absolute atomic E-state index is 12.5. The number of ether oxygens (including phenoxy) is 1. The van der Waals surface area contributed by atoms with Crippen LogP contribution in [-0.4, -0.2) is 30.8 Å². The Morgan fingerprint density at radius 2 is 1.80 bits per heavy atom. The quantitative estimate of drug-likeness (QED) is 0.525. The van der Waals surface area contributed by atoms with Gasteiger partial charge in [0, 0.05) is 17.2 Å². The Kier molecular flexibility index (Phi) is 5.79. The summed E-state index contributed by atoms with van der Waals surface area (Å²) in [5.41, 5.74) is 0.775. The molecule has 0 N–H and O–H groups in total. The van der Waals surface area contributed by atoms with Crippen LogP contribution in [0.15, 0.2) is 41.3 Å². The molecular weight excluding hydrogens is 405 g/mol. The minimum atomic E-state index is -0.787. The molecule has 0 unspecified atom stereocenters. The highest BCUT2D eigenvalue weighted by molar-refractivity contribution is 7.99. The second kappa shape index (κ2) is 7.87. The number of fused-ring (bicyclic) bond motifs is 1. The van der Waals surface area contributed by atoms with Crippen molar-refractivity contribution in [3.8, 4) is 0 Å². The normalized spacial score (nSPS) is 13.3. The Labute approximate surface area is 164 Å². The molecule has 1 heterocycles. The first-order chi connectivity index (χ1) is 12.0. The van der Waals surface area contributed by atoms with Crippen LogP contribution in [0.5, 0.6) is 0 Å². The molecule has 0 bridgehead atoms. The van der Waals surface area contributed by atoms with Crippen molar-refractivity contribution >= 4 is 64.1 Å². The lowest BCUT2D eigenvalue weighted by atomic mass is 10.2. The highest BCUT2D eigenvalue weighted by atomic mass is 35.5. The summed E-state index contributed by atoms with van der Waals surface area (Å²) in [5.74, 6) is -0.316. The molecule has 1 amide bonds. The van der Waals surface area contributed by atoms with E-state index in [1.807, 2.05) is 24.3 Å². The van der Waals surface area contributed by atoms with Crippen LogP contribution in [0.1, 0.15) is 10.4 Å². The predicted octanol–water partition coefficient (Wildman–Crippen LogP) is 4.94. The van der Waals surface area contributed by atoms with E-state index < -0.39 is 12.6 Å². The number of hydrogen-bond donors (Lipinski definition) is 0. The monoisotopic (exact) mass is 415 g/mol. The highest BCUT2D eigenvalue weighted by Crippen LogP contribution is 2.35. The average Bonchev–Trinajstić information content (AvgIpc) is 2.62. The summed E-state index contributed by atoms with van der Waals surface area (Å²) in [6, 6.07) is 10.5. The Hall–Kier alpha value is -1.40. The number of hydrogen-bond acceptors (Lipinski definition) is 4. The van der Waals surface area contributed by atoms with E-state index in [1.54, 1.807) is 16.7 Å². The van der Waals surface area contributed by atoms with Crippen LogP contribution < -0.4 is 4.90 Å². The number of benzene rings is 2. The maximum atomic E-state index is 12.5. The molecule has 2 aromatic carbocycles. The SMILES string of the molecule is O=C(OCC(=O)N1CCSc2ccccc21)c1c(Cl)ccc(Cl)c1Cl. The number of esters is 1. The number of para-hydroxylation sites is 1. The van der Waals surface area contributed by atoms with Crippen molar-refractivity contribution < 1.29 is 14.3 Å². The summed E-state index contributed by atoms with van der Waals surface area (Å²) >= 11 is 19.6. The number of anilines is 1. The van der Waals surface area contributed by atoms with Crippen molar-refractivity contribution in [2.75, 3.05) is 23.8 Å². The number of carbonyl (C=O) groups excluding carboxylic acids is 2.